The fourth-order valence-electron chi connectivity index (χ4n) is 4.75. The van der Waals surface area contributed by atoms with Crippen molar-refractivity contribution in [1.82, 2.24) is 20.9 Å². The lowest BCUT2D eigenvalue weighted by Crippen LogP contribution is -2.49. The van der Waals surface area contributed by atoms with E-state index >= 15 is 0 Å². The monoisotopic (exact) mass is 634 g/mol. The van der Waals surface area contributed by atoms with E-state index in [-0.39, 0.29) is 75.0 Å². The molecule has 0 unspecified atom stereocenters. The molecule has 1 heterocycles. The zero-order chi connectivity index (χ0) is 32.2. The minimum atomic E-state index is -1.04. The van der Waals surface area contributed by atoms with Crippen molar-refractivity contribution in [1.29, 1.82) is 0 Å². The molecule has 0 fully saturated rings. The van der Waals surface area contributed by atoms with Crippen LogP contribution in [0, 0.1) is 5.92 Å². The third-order valence-corrected chi connectivity index (χ3v) is 7.61. The van der Waals surface area contributed by atoms with Gasteiger partial charge in [-0.3, -0.25) is 19.2 Å². The van der Waals surface area contributed by atoms with Gasteiger partial charge in [-0.15, -0.1) is 0 Å². The number of halogens is 1. The van der Waals surface area contributed by atoms with Crippen LogP contribution < -0.4 is 25.4 Å². The van der Waals surface area contributed by atoms with Crippen LogP contribution in [-0.2, 0) is 20.9 Å². The molecule has 10 nitrogen and oxygen atoms in total. The molecule has 0 spiro atoms. The third kappa shape index (κ3) is 10.2. The largest absolute Gasteiger partial charge is 0.492 e. The second-order valence-electron chi connectivity index (χ2n) is 11.1. The topological polar surface area (TPSA) is 126 Å². The fraction of sp³-hybridized carbons (Fsp3) is 0.353. The zero-order valence-corrected chi connectivity index (χ0v) is 26.2. The van der Waals surface area contributed by atoms with Crippen molar-refractivity contribution in [2.75, 3.05) is 26.3 Å². The standard InChI is InChI=1S/C34H39ClN4O6/c1-23(2)29-22-45-30-11-7-6-10-27(30)33(42)38-28(34(43)36-18-19-44-26-14-12-25(35)13-15-26)16-17-32(41)39(21-31(40)37-29)20-24-8-4-3-5-9-24/h3-15,23,28-29H,16-22H2,1-2H3,(H,36,43)(H,37,40)(H,38,42)/t28-,29+/m0/s1. The van der Waals surface area contributed by atoms with Gasteiger partial charge in [-0.05, 0) is 54.3 Å². The Morgan fingerprint density at radius 3 is 2.44 bits per heavy atom. The smallest absolute Gasteiger partial charge is 0.255 e. The van der Waals surface area contributed by atoms with Gasteiger partial charge in [-0.1, -0.05) is 67.9 Å². The van der Waals surface area contributed by atoms with Crippen molar-refractivity contribution in [3.63, 3.8) is 0 Å². The molecular weight excluding hydrogens is 596 g/mol. The fourth-order valence-corrected chi connectivity index (χ4v) is 4.88. The predicted octanol–water partition coefficient (Wildman–Crippen LogP) is 3.98. The number of nitrogens with one attached hydrogen (secondary N) is 3. The Bertz CT molecular complexity index is 1450. The van der Waals surface area contributed by atoms with Gasteiger partial charge in [0.15, 0.2) is 0 Å². The summed E-state index contributed by atoms with van der Waals surface area (Å²) in [4.78, 5) is 55.0. The highest BCUT2D eigenvalue weighted by Gasteiger charge is 2.28. The number of fused-ring (bicyclic) bond motifs is 1. The number of rotatable bonds is 8. The predicted molar refractivity (Wildman–Crippen MR) is 171 cm³/mol. The van der Waals surface area contributed by atoms with Crippen molar-refractivity contribution in [3.05, 3.63) is 95.0 Å². The van der Waals surface area contributed by atoms with Gasteiger partial charge in [0.1, 0.15) is 30.8 Å². The highest BCUT2D eigenvalue weighted by atomic mass is 35.5. The van der Waals surface area contributed by atoms with Crippen LogP contribution in [0.2, 0.25) is 5.02 Å². The van der Waals surface area contributed by atoms with Crippen molar-refractivity contribution < 1.29 is 28.7 Å². The maximum Gasteiger partial charge on any atom is 0.255 e. The van der Waals surface area contributed by atoms with E-state index < -0.39 is 17.9 Å². The van der Waals surface area contributed by atoms with Crippen LogP contribution in [0.1, 0.15) is 42.6 Å². The molecule has 3 aromatic rings. The Labute approximate surface area is 268 Å². The van der Waals surface area contributed by atoms with E-state index in [1.807, 2.05) is 44.2 Å². The van der Waals surface area contributed by atoms with Crippen LogP contribution in [0.25, 0.3) is 0 Å². The van der Waals surface area contributed by atoms with Crippen molar-refractivity contribution >= 4 is 35.2 Å². The van der Waals surface area contributed by atoms with Crippen molar-refractivity contribution in [3.8, 4) is 11.5 Å². The summed E-state index contributed by atoms with van der Waals surface area (Å²) in [5, 5.41) is 9.16. The molecule has 238 valence electrons. The zero-order valence-electron chi connectivity index (χ0n) is 25.5. The summed E-state index contributed by atoms with van der Waals surface area (Å²) in [6.45, 7) is 4.41. The Morgan fingerprint density at radius 1 is 1.00 bits per heavy atom. The number of carbonyl (C=O) groups excluding carboxylic acids is 4. The molecule has 3 N–H and O–H groups in total. The first-order valence-electron chi connectivity index (χ1n) is 15.0. The molecule has 0 saturated heterocycles. The van der Waals surface area contributed by atoms with Gasteiger partial charge >= 0.3 is 0 Å². The maximum atomic E-state index is 13.6. The van der Waals surface area contributed by atoms with E-state index in [2.05, 4.69) is 16.0 Å². The van der Waals surface area contributed by atoms with Gasteiger partial charge in [-0.2, -0.15) is 0 Å². The molecule has 11 heteroatoms. The molecule has 0 radical (unpaired) electrons. The molecule has 1 aliphatic heterocycles. The second-order valence-corrected chi connectivity index (χ2v) is 11.6. The summed E-state index contributed by atoms with van der Waals surface area (Å²) in [5.41, 5.74) is 1.10. The van der Waals surface area contributed by atoms with Crippen LogP contribution in [0.15, 0.2) is 78.9 Å². The average Bonchev–Trinajstić information content (AvgIpc) is 3.03. The molecule has 4 rings (SSSR count). The molecule has 3 aromatic carbocycles. The molecule has 2 atom stereocenters. The molecule has 4 amide bonds. The number of benzene rings is 3. The Kier molecular flexibility index (Phi) is 12.2. The molecule has 0 aromatic heterocycles. The number of amides is 4. The molecule has 45 heavy (non-hydrogen) atoms. The number of carbonyl (C=O) groups is 4. The Morgan fingerprint density at radius 2 is 1.71 bits per heavy atom. The summed E-state index contributed by atoms with van der Waals surface area (Å²) in [6.07, 6.45) is -0.0650. The van der Waals surface area contributed by atoms with Gasteiger partial charge in [0.25, 0.3) is 5.91 Å². The number of hydrogen-bond donors (Lipinski definition) is 3. The first kappa shape index (κ1) is 33.3. The van der Waals surface area contributed by atoms with Gasteiger partial charge in [-0.25, -0.2) is 0 Å². The maximum absolute atomic E-state index is 13.6. The van der Waals surface area contributed by atoms with Gasteiger partial charge < -0.3 is 30.3 Å². The van der Waals surface area contributed by atoms with Crippen LogP contribution in [0.3, 0.4) is 0 Å². The number of para-hydroxylation sites is 1. The minimum absolute atomic E-state index is 0.0129. The summed E-state index contributed by atoms with van der Waals surface area (Å²) in [6, 6.07) is 21.5. The van der Waals surface area contributed by atoms with E-state index in [1.165, 1.54) is 4.90 Å². The van der Waals surface area contributed by atoms with Crippen molar-refractivity contribution in [2.45, 2.75) is 45.3 Å². The summed E-state index contributed by atoms with van der Waals surface area (Å²) in [5.74, 6) is -0.695. The van der Waals surface area contributed by atoms with Crippen LogP contribution in [0.4, 0.5) is 0 Å². The van der Waals surface area contributed by atoms with Crippen LogP contribution >= 0.6 is 11.6 Å². The first-order chi connectivity index (χ1) is 21.7. The van der Waals surface area contributed by atoms with E-state index in [4.69, 9.17) is 21.1 Å². The second kappa shape index (κ2) is 16.5. The highest BCUT2D eigenvalue weighted by Crippen LogP contribution is 2.20. The molecule has 0 bridgehead atoms. The van der Waals surface area contributed by atoms with Crippen LogP contribution in [-0.4, -0.2) is 66.9 Å². The van der Waals surface area contributed by atoms with Gasteiger partial charge in [0.2, 0.25) is 17.7 Å². The minimum Gasteiger partial charge on any atom is -0.492 e. The molecule has 0 saturated carbocycles. The summed E-state index contributed by atoms with van der Waals surface area (Å²) >= 11 is 5.92. The van der Waals surface area contributed by atoms with Crippen LogP contribution in [0.5, 0.6) is 11.5 Å². The molecular formula is C34H39ClN4O6. The lowest BCUT2D eigenvalue weighted by Gasteiger charge is -2.26. The summed E-state index contributed by atoms with van der Waals surface area (Å²) < 4.78 is 11.7. The number of hydrogen-bond acceptors (Lipinski definition) is 6. The summed E-state index contributed by atoms with van der Waals surface area (Å²) in [7, 11) is 0. The highest BCUT2D eigenvalue weighted by molar-refractivity contribution is 6.30. The quantitative estimate of drug-likeness (QED) is 0.322. The molecule has 0 aliphatic carbocycles. The lowest BCUT2D eigenvalue weighted by molar-refractivity contribution is -0.137. The SMILES string of the molecule is CC(C)[C@H]1COc2ccccc2C(=O)N[C@H](C(=O)NCCOc2ccc(Cl)cc2)CCC(=O)N(Cc2ccccc2)CC(=O)N1. The van der Waals surface area contributed by atoms with Crippen molar-refractivity contribution in [2.24, 2.45) is 5.92 Å². The number of ether oxygens (including phenoxy) is 2. The lowest BCUT2D eigenvalue weighted by atomic mass is 10.1. The van der Waals surface area contributed by atoms with E-state index in [0.717, 1.165) is 5.56 Å². The Hall–Kier alpha value is -4.57. The van der Waals surface area contributed by atoms with E-state index in [0.29, 0.717) is 16.5 Å². The molecule has 1 aliphatic rings. The Balaban J connectivity index is 1.54. The van der Waals surface area contributed by atoms with Gasteiger partial charge in [0.05, 0.1) is 24.7 Å². The van der Waals surface area contributed by atoms with Gasteiger partial charge in [0, 0.05) is 18.0 Å². The van der Waals surface area contributed by atoms with E-state index in [9.17, 15) is 19.2 Å². The average molecular weight is 635 g/mol. The third-order valence-electron chi connectivity index (χ3n) is 7.36. The van der Waals surface area contributed by atoms with E-state index in [1.54, 1.807) is 48.5 Å². The first-order valence-corrected chi connectivity index (χ1v) is 15.4. The normalized spacial score (nSPS) is 18.0. The number of nitrogens with zero attached hydrogens (tertiary/aromatic N) is 1.